The summed E-state index contributed by atoms with van der Waals surface area (Å²) in [7, 11) is 0. The van der Waals surface area contributed by atoms with E-state index in [1.54, 1.807) is 0 Å². The molecule has 0 amide bonds. The quantitative estimate of drug-likeness (QED) is 0.807. The zero-order valence-electron chi connectivity index (χ0n) is 13.6. The lowest BCUT2D eigenvalue weighted by molar-refractivity contribution is 0.242. The first-order valence-corrected chi connectivity index (χ1v) is 7.56. The van der Waals surface area contributed by atoms with E-state index in [4.69, 9.17) is 4.74 Å². The Kier molecular flexibility index (Phi) is 4.89. The zero-order valence-corrected chi connectivity index (χ0v) is 13.6. The Bertz CT molecular complexity index is 587. The Labute approximate surface area is 128 Å². The van der Waals surface area contributed by atoms with Gasteiger partial charge in [0, 0.05) is 11.7 Å². The Morgan fingerprint density at radius 3 is 2.19 bits per heavy atom. The number of aryl methyl sites for hydroxylation is 2. The molecule has 0 aromatic heterocycles. The molecule has 112 valence electrons. The maximum Gasteiger partial charge on any atom is 0.119 e. The van der Waals surface area contributed by atoms with Gasteiger partial charge in [-0.3, -0.25) is 0 Å². The highest BCUT2D eigenvalue weighted by Gasteiger charge is 2.08. The van der Waals surface area contributed by atoms with Crippen LogP contribution in [-0.4, -0.2) is 6.10 Å². The number of ether oxygens (including phenoxy) is 1. The van der Waals surface area contributed by atoms with E-state index in [-0.39, 0.29) is 12.1 Å². The lowest BCUT2D eigenvalue weighted by atomic mass is 10.00. The van der Waals surface area contributed by atoms with Gasteiger partial charge in [-0.1, -0.05) is 23.8 Å². The van der Waals surface area contributed by atoms with Crippen LogP contribution in [0.1, 0.15) is 43.5 Å². The number of benzene rings is 2. The first-order chi connectivity index (χ1) is 9.95. The van der Waals surface area contributed by atoms with Crippen molar-refractivity contribution in [1.82, 2.24) is 0 Å². The van der Waals surface area contributed by atoms with Crippen LogP contribution in [0.3, 0.4) is 0 Å². The van der Waals surface area contributed by atoms with Gasteiger partial charge in [0.1, 0.15) is 5.75 Å². The molecule has 0 radical (unpaired) electrons. The Morgan fingerprint density at radius 2 is 1.57 bits per heavy atom. The van der Waals surface area contributed by atoms with Crippen LogP contribution < -0.4 is 10.1 Å². The van der Waals surface area contributed by atoms with Gasteiger partial charge < -0.3 is 10.1 Å². The van der Waals surface area contributed by atoms with E-state index in [0.717, 1.165) is 11.4 Å². The zero-order chi connectivity index (χ0) is 15.4. The minimum Gasteiger partial charge on any atom is -0.491 e. The van der Waals surface area contributed by atoms with Crippen LogP contribution >= 0.6 is 0 Å². The molecule has 1 N–H and O–H groups in total. The molecule has 2 nitrogen and oxygen atoms in total. The molecule has 21 heavy (non-hydrogen) atoms. The Hall–Kier alpha value is -1.96. The molecular weight excluding hydrogens is 258 g/mol. The highest BCUT2D eigenvalue weighted by Crippen LogP contribution is 2.24. The molecule has 1 unspecified atom stereocenters. The second-order valence-electron chi connectivity index (χ2n) is 5.92. The van der Waals surface area contributed by atoms with Gasteiger partial charge in [-0.25, -0.2) is 0 Å². The standard InChI is InChI=1S/C19H25NO/c1-13(2)21-18-10-8-17(9-11-18)20-16(5)19-12-14(3)6-7-15(19)4/h6-13,16,20H,1-5H3. The first kappa shape index (κ1) is 15.4. The van der Waals surface area contributed by atoms with Crippen molar-refractivity contribution in [2.45, 2.75) is 46.8 Å². The smallest absolute Gasteiger partial charge is 0.119 e. The second-order valence-corrected chi connectivity index (χ2v) is 5.92. The van der Waals surface area contributed by atoms with E-state index < -0.39 is 0 Å². The molecule has 0 saturated carbocycles. The molecule has 2 heteroatoms. The first-order valence-electron chi connectivity index (χ1n) is 7.56. The summed E-state index contributed by atoms with van der Waals surface area (Å²) in [5.74, 6) is 0.912. The Balaban J connectivity index is 2.08. The third kappa shape index (κ3) is 4.25. The lowest BCUT2D eigenvalue weighted by Crippen LogP contribution is -2.09. The van der Waals surface area contributed by atoms with Crippen LogP contribution in [0.4, 0.5) is 5.69 Å². The molecule has 0 heterocycles. The van der Waals surface area contributed by atoms with Crippen LogP contribution in [0.25, 0.3) is 0 Å². The van der Waals surface area contributed by atoms with Crippen molar-refractivity contribution >= 4 is 5.69 Å². The molecule has 0 aliphatic heterocycles. The fraction of sp³-hybridized carbons (Fsp3) is 0.368. The summed E-state index contributed by atoms with van der Waals surface area (Å²) in [5.41, 5.74) is 5.07. The van der Waals surface area contributed by atoms with Gasteiger partial charge in [-0.05, 0) is 70.0 Å². The SMILES string of the molecule is Cc1ccc(C)c(C(C)Nc2ccc(OC(C)C)cc2)c1. The maximum absolute atomic E-state index is 5.67. The van der Waals surface area contributed by atoms with Gasteiger partial charge in [0.05, 0.1) is 6.10 Å². The van der Waals surface area contributed by atoms with Gasteiger partial charge in [-0.2, -0.15) is 0 Å². The van der Waals surface area contributed by atoms with Gasteiger partial charge in [0.25, 0.3) is 0 Å². The normalized spacial score (nSPS) is 12.3. The molecule has 0 bridgehead atoms. The average molecular weight is 283 g/mol. The van der Waals surface area contributed by atoms with Crippen LogP contribution in [0.2, 0.25) is 0 Å². The highest BCUT2D eigenvalue weighted by molar-refractivity contribution is 5.49. The number of hydrogen-bond acceptors (Lipinski definition) is 2. The van der Waals surface area contributed by atoms with E-state index in [1.807, 2.05) is 26.0 Å². The second kappa shape index (κ2) is 6.66. The fourth-order valence-electron chi connectivity index (χ4n) is 2.46. The van der Waals surface area contributed by atoms with E-state index in [0.29, 0.717) is 0 Å². The Morgan fingerprint density at radius 1 is 0.905 bits per heavy atom. The van der Waals surface area contributed by atoms with Crippen molar-refractivity contribution in [2.75, 3.05) is 5.32 Å². The third-order valence-electron chi connectivity index (χ3n) is 3.51. The molecule has 0 spiro atoms. The van der Waals surface area contributed by atoms with Crippen molar-refractivity contribution in [2.24, 2.45) is 0 Å². The topological polar surface area (TPSA) is 21.3 Å². The monoisotopic (exact) mass is 283 g/mol. The van der Waals surface area contributed by atoms with E-state index >= 15 is 0 Å². The molecule has 0 saturated heterocycles. The summed E-state index contributed by atoms with van der Waals surface area (Å²) < 4.78 is 5.67. The van der Waals surface area contributed by atoms with Crippen LogP contribution in [-0.2, 0) is 0 Å². The molecule has 2 rings (SSSR count). The summed E-state index contributed by atoms with van der Waals surface area (Å²) >= 11 is 0. The lowest BCUT2D eigenvalue weighted by Gasteiger charge is -2.19. The van der Waals surface area contributed by atoms with Crippen molar-refractivity contribution in [3.05, 3.63) is 59.2 Å². The number of hydrogen-bond donors (Lipinski definition) is 1. The number of rotatable bonds is 5. The molecule has 0 aliphatic rings. The summed E-state index contributed by atoms with van der Waals surface area (Å²) in [6.45, 7) is 10.6. The molecule has 0 aliphatic carbocycles. The fourth-order valence-corrected chi connectivity index (χ4v) is 2.46. The van der Waals surface area contributed by atoms with Gasteiger partial charge in [0.2, 0.25) is 0 Å². The molecule has 1 atom stereocenters. The van der Waals surface area contributed by atoms with Crippen molar-refractivity contribution in [1.29, 1.82) is 0 Å². The summed E-state index contributed by atoms with van der Waals surface area (Å²) in [4.78, 5) is 0. The molecular formula is C19H25NO. The minimum atomic E-state index is 0.206. The predicted molar refractivity (Wildman–Crippen MR) is 90.2 cm³/mol. The van der Waals surface area contributed by atoms with Gasteiger partial charge in [0.15, 0.2) is 0 Å². The van der Waals surface area contributed by atoms with Crippen LogP contribution in [0, 0.1) is 13.8 Å². The molecule has 2 aromatic carbocycles. The van der Waals surface area contributed by atoms with Crippen molar-refractivity contribution < 1.29 is 4.74 Å². The predicted octanol–water partition coefficient (Wildman–Crippen LogP) is 5.26. The van der Waals surface area contributed by atoms with Gasteiger partial charge >= 0.3 is 0 Å². The molecule has 0 fully saturated rings. The maximum atomic E-state index is 5.67. The third-order valence-corrected chi connectivity index (χ3v) is 3.51. The van der Waals surface area contributed by atoms with Crippen molar-refractivity contribution in [3.8, 4) is 5.75 Å². The van der Waals surface area contributed by atoms with Gasteiger partial charge in [-0.15, -0.1) is 0 Å². The summed E-state index contributed by atoms with van der Waals surface area (Å²) in [6.07, 6.45) is 0.206. The number of nitrogens with one attached hydrogen (secondary N) is 1. The molecule has 2 aromatic rings. The van der Waals surface area contributed by atoms with E-state index in [9.17, 15) is 0 Å². The minimum absolute atomic E-state index is 0.206. The average Bonchev–Trinajstić information content (AvgIpc) is 2.43. The largest absolute Gasteiger partial charge is 0.491 e. The van der Waals surface area contributed by atoms with E-state index in [1.165, 1.54) is 16.7 Å². The highest BCUT2D eigenvalue weighted by atomic mass is 16.5. The summed E-state index contributed by atoms with van der Waals surface area (Å²) in [6, 6.07) is 15.0. The van der Waals surface area contributed by atoms with E-state index in [2.05, 4.69) is 56.4 Å². The summed E-state index contributed by atoms with van der Waals surface area (Å²) in [5, 5.41) is 3.55. The number of anilines is 1. The van der Waals surface area contributed by atoms with Crippen LogP contribution in [0.15, 0.2) is 42.5 Å². The van der Waals surface area contributed by atoms with Crippen molar-refractivity contribution in [3.63, 3.8) is 0 Å². The van der Waals surface area contributed by atoms with Crippen LogP contribution in [0.5, 0.6) is 5.75 Å².